The Kier molecular flexibility index (Phi) is 6.26. The molecule has 0 aliphatic rings. The summed E-state index contributed by atoms with van der Waals surface area (Å²) in [6.45, 7) is 4.28. The molecule has 2 aromatic carbocycles. The molecule has 0 radical (unpaired) electrons. The van der Waals surface area contributed by atoms with Gasteiger partial charge < -0.3 is 19.9 Å². The maximum absolute atomic E-state index is 5.89. The molecule has 6 nitrogen and oxygen atoms in total. The molecule has 0 fully saturated rings. The van der Waals surface area contributed by atoms with E-state index in [9.17, 15) is 0 Å². The Labute approximate surface area is 167 Å². The highest BCUT2D eigenvalue weighted by Gasteiger charge is 2.09. The second-order valence-corrected chi connectivity index (χ2v) is 6.87. The summed E-state index contributed by atoms with van der Waals surface area (Å²) in [5.41, 5.74) is 1.66. The van der Waals surface area contributed by atoms with Gasteiger partial charge in [0, 0.05) is 22.3 Å². The highest BCUT2D eigenvalue weighted by molar-refractivity contribution is 7.80. The second-order valence-electron chi connectivity index (χ2n) is 6.02. The first-order valence-electron chi connectivity index (χ1n) is 8.39. The molecule has 140 valence electrons. The molecule has 1 aromatic heterocycles. The molecule has 3 aromatic rings. The fourth-order valence-corrected chi connectivity index (χ4v) is 2.61. The number of nitrogens with one attached hydrogen (secondary N) is 2. The van der Waals surface area contributed by atoms with Gasteiger partial charge in [-0.05, 0) is 62.5 Å². The highest BCUT2D eigenvalue weighted by Crippen LogP contribution is 2.19. The first-order chi connectivity index (χ1) is 13.0. The number of hydrogen-bond donors (Lipinski definition) is 2. The van der Waals surface area contributed by atoms with Crippen molar-refractivity contribution in [3.63, 3.8) is 0 Å². The monoisotopic (exact) mass is 402 g/mol. The van der Waals surface area contributed by atoms with Crippen molar-refractivity contribution in [3.05, 3.63) is 59.4 Å². The molecule has 3 rings (SSSR count). The van der Waals surface area contributed by atoms with Crippen molar-refractivity contribution >= 4 is 34.6 Å². The maximum atomic E-state index is 5.89. The summed E-state index contributed by atoms with van der Waals surface area (Å²) >= 11 is 11.2. The van der Waals surface area contributed by atoms with E-state index < -0.39 is 0 Å². The minimum atomic E-state index is 0.109. The van der Waals surface area contributed by atoms with Crippen molar-refractivity contribution in [1.82, 2.24) is 15.5 Å². The lowest BCUT2D eigenvalue weighted by Gasteiger charge is -2.12. The van der Waals surface area contributed by atoms with E-state index in [0.29, 0.717) is 28.4 Å². The summed E-state index contributed by atoms with van der Waals surface area (Å²) in [6.07, 6.45) is 0.109. The Bertz CT molecular complexity index is 912. The van der Waals surface area contributed by atoms with Crippen LogP contribution in [0.15, 0.2) is 53.1 Å². The van der Waals surface area contributed by atoms with Crippen LogP contribution in [-0.2, 0) is 6.54 Å². The Morgan fingerprint density at radius 1 is 1.22 bits per heavy atom. The number of benzene rings is 2. The van der Waals surface area contributed by atoms with Crippen LogP contribution in [0, 0.1) is 0 Å². The third-order valence-corrected chi connectivity index (χ3v) is 3.93. The quantitative estimate of drug-likeness (QED) is 0.580. The molecule has 2 N–H and O–H groups in total. The van der Waals surface area contributed by atoms with E-state index in [1.807, 2.05) is 50.2 Å². The van der Waals surface area contributed by atoms with Gasteiger partial charge in [-0.25, -0.2) is 0 Å². The molecular weight excluding hydrogens is 384 g/mol. The minimum absolute atomic E-state index is 0.109. The van der Waals surface area contributed by atoms with Crippen molar-refractivity contribution in [2.45, 2.75) is 26.5 Å². The van der Waals surface area contributed by atoms with Crippen LogP contribution in [0.3, 0.4) is 0 Å². The van der Waals surface area contributed by atoms with Crippen LogP contribution in [0.2, 0.25) is 5.02 Å². The van der Waals surface area contributed by atoms with Crippen LogP contribution in [0.4, 0.5) is 5.69 Å². The molecular formula is C19H19ClN4O2S. The molecule has 0 amide bonds. The number of ether oxygens (including phenoxy) is 1. The van der Waals surface area contributed by atoms with Gasteiger partial charge in [-0.1, -0.05) is 22.8 Å². The summed E-state index contributed by atoms with van der Waals surface area (Å²) in [5, 5.41) is 11.2. The standard InChI is InChI=1S/C19H19ClN4O2S/c1-12(2)25-16-5-3-4-15(10-16)22-19(27)21-11-17-23-18(24-26-17)13-6-8-14(20)9-7-13/h3-10,12H,11H2,1-2H3,(H2,21,22,27). The normalized spacial score (nSPS) is 10.7. The van der Waals surface area contributed by atoms with Gasteiger partial charge in [0.25, 0.3) is 0 Å². The van der Waals surface area contributed by atoms with Crippen molar-refractivity contribution < 1.29 is 9.26 Å². The number of halogens is 1. The lowest BCUT2D eigenvalue weighted by atomic mass is 10.2. The topological polar surface area (TPSA) is 72.2 Å². The van der Waals surface area contributed by atoms with Crippen LogP contribution in [0.5, 0.6) is 5.75 Å². The van der Waals surface area contributed by atoms with Gasteiger partial charge in [-0.3, -0.25) is 0 Å². The highest BCUT2D eigenvalue weighted by atomic mass is 35.5. The molecule has 27 heavy (non-hydrogen) atoms. The van der Waals surface area contributed by atoms with Gasteiger partial charge >= 0.3 is 0 Å². The number of hydrogen-bond acceptors (Lipinski definition) is 5. The molecule has 0 spiro atoms. The first-order valence-corrected chi connectivity index (χ1v) is 9.18. The molecule has 0 unspecified atom stereocenters. The predicted octanol–water partition coefficient (Wildman–Crippen LogP) is 4.66. The van der Waals surface area contributed by atoms with Gasteiger partial charge in [-0.15, -0.1) is 0 Å². The minimum Gasteiger partial charge on any atom is -0.491 e. The molecule has 0 aliphatic heterocycles. The summed E-state index contributed by atoms with van der Waals surface area (Å²) in [7, 11) is 0. The summed E-state index contributed by atoms with van der Waals surface area (Å²) in [5.74, 6) is 1.71. The largest absolute Gasteiger partial charge is 0.491 e. The predicted molar refractivity (Wildman–Crippen MR) is 110 cm³/mol. The average molecular weight is 403 g/mol. The zero-order valence-corrected chi connectivity index (χ0v) is 16.5. The van der Waals surface area contributed by atoms with Crippen LogP contribution in [0.25, 0.3) is 11.4 Å². The second kappa shape index (κ2) is 8.83. The van der Waals surface area contributed by atoms with Crippen LogP contribution in [-0.4, -0.2) is 21.4 Å². The molecule has 0 bridgehead atoms. The van der Waals surface area contributed by atoms with E-state index in [-0.39, 0.29) is 6.10 Å². The van der Waals surface area contributed by atoms with Crippen molar-refractivity contribution in [1.29, 1.82) is 0 Å². The molecule has 8 heteroatoms. The fourth-order valence-electron chi connectivity index (χ4n) is 2.29. The summed E-state index contributed by atoms with van der Waals surface area (Å²) < 4.78 is 10.9. The number of nitrogens with zero attached hydrogens (tertiary/aromatic N) is 2. The van der Waals surface area contributed by atoms with Gasteiger partial charge in [0.1, 0.15) is 5.75 Å². The van der Waals surface area contributed by atoms with Crippen molar-refractivity contribution in [2.24, 2.45) is 0 Å². The van der Waals surface area contributed by atoms with Gasteiger partial charge in [-0.2, -0.15) is 4.98 Å². The Balaban J connectivity index is 1.54. The van der Waals surface area contributed by atoms with Gasteiger partial charge in [0.15, 0.2) is 5.11 Å². The lowest BCUT2D eigenvalue weighted by molar-refractivity contribution is 0.242. The number of thiocarbonyl (C=S) groups is 1. The van der Waals surface area contributed by atoms with Crippen molar-refractivity contribution in [2.75, 3.05) is 5.32 Å². The SMILES string of the molecule is CC(C)Oc1cccc(NC(=S)NCc2nc(-c3ccc(Cl)cc3)no2)c1. The van der Waals surface area contributed by atoms with Crippen LogP contribution >= 0.6 is 23.8 Å². The molecule has 0 atom stereocenters. The Morgan fingerprint density at radius 3 is 2.74 bits per heavy atom. The summed E-state index contributed by atoms with van der Waals surface area (Å²) in [6, 6.07) is 14.8. The number of rotatable bonds is 6. The Hall–Kier alpha value is -2.64. The third-order valence-electron chi connectivity index (χ3n) is 3.43. The van der Waals surface area contributed by atoms with E-state index in [4.69, 9.17) is 33.1 Å². The zero-order chi connectivity index (χ0) is 19.2. The van der Waals surface area contributed by atoms with E-state index >= 15 is 0 Å². The van der Waals surface area contributed by atoms with E-state index in [0.717, 1.165) is 17.0 Å². The molecule has 0 aliphatic carbocycles. The molecule has 0 saturated carbocycles. The van der Waals surface area contributed by atoms with Crippen molar-refractivity contribution in [3.8, 4) is 17.1 Å². The van der Waals surface area contributed by atoms with E-state index in [1.165, 1.54) is 0 Å². The smallest absolute Gasteiger partial charge is 0.246 e. The zero-order valence-electron chi connectivity index (χ0n) is 14.9. The molecule has 0 saturated heterocycles. The van der Waals surface area contributed by atoms with Gasteiger partial charge in [0.05, 0.1) is 12.6 Å². The van der Waals surface area contributed by atoms with Gasteiger partial charge in [0.2, 0.25) is 11.7 Å². The number of aromatic nitrogens is 2. The third kappa shape index (κ3) is 5.67. The van der Waals surface area contributed by atoms with E-state index in [2.05, 4.69) is 20.8 Å². The Morgan fingerprint density at radius 2 is 2.00 bits per heavy atom. The number of anilines is 1. The summed E-state index contributed by atoms with van der Waals surface area (Å²) in [4.78, 5) is 4.35. The lowest BCUT2D eigenvalue weighted by Crippen LogP contribution is -2.28. The maximum Gasteiger partial charge on any atom is 0.246 e. The first kappa shape index (κ1) is 19.1. The fraction of sp³-hybridized carbons (Fsp3) is 0.211. The van der Waals surface area contributed by atoms with Crippen LogP contribution in [0.1, 0.15) is 19.7 Å². The average Bonchev–Trinajstić information content (AvgIpc) is 3.09. The van der Waals surface area contributed by atoms with E-state index in [1.54, 1.807) is 12.1 Å². The van der Waals surface area contributed by atoms with Crippen LogP contribution < -0.4 is 15.4 Å². The molecule has 1 heterocycles.